The molecule has 1 atom stereocenters. The van der Waals surface area contributed by atoms with E-state index < -0.39 is 11.4 Å². The third-order valence-electron chi connectivity index (χ3n) is 7.41. The number of benzene rings is 3. The van der Waals surface area contributed by atoms with Crippen molar-refractivity contribution in [3.63, 3.8) is 0 Å². The number of carbonyl (C=O) groups is 2. The van der Waals surface area contributed by atoms with Crippen molar-refractivity contribution in [1.29, 1.82) is 0 Å². The molecule has 1 unspecified atom stereocenters. The minimum Gasteiger partial charge on any atom is -0.493 e. The van der Waals surface area contributed by atoms with Crippen molar-refractivity contribution in [1.82, 2.24) is 0 Å². The second-order valence-corrected chi connectivity index (χ2v) is 9.51. The van der Waals surface area contributed by atoms with Crippen molar-refractivity contribution in [2.75, 3.05) is 59.5 Å². The fourth-order valence-corrected chi connectivity index (χ4v) is 5.39. The molecule has 1 saturated heterocycles. The minimum absolute atomic E-state index is 0.0912. The van der Waals surface area contributed by atoms with Gasteiger partial charge in [-0.3, -0.25) is 14.5 Å². The summed E-state index contributed by atoms with van der Waals surface area (Å²) >= 11 is 0. The molecule has 5 rings (SSSR count). The largest absolute Gasteiger partial charge is 0.493 e. The van der Waals surface area contributed by atoms with Gasteiger partial charge in [-0.25, -0.2) is 0 Å². The topological polar surface area (TPSA) is 114 Å². The summed E-state index contributed by atoms with van der Waals surface area (Å²) < 4.78 is 39.0. The number of methoxy groups -OCH3 is 6. The van der Waals surface area contributed by atoms with Gasteiger partial charge < -0.3 is 38.5 Å². The van der Waals surface area contributed by atoms with E-state index in [9.17, 15) is 9.59 Å². The summed E-state index contributed by atoms with van der Waals surface area (Å²) in [4.78, 5) is 29.3. The maximum absolute atomic E-state index is 14.4. The Balaban J connectivity index is 1.66. The van der Waals surface area contributed by atoms with Gasteiger partial charge >= 0.3 is 0 Å². The maximum Gasteiger partial charge on any atom is 0.255 e. The molecule has 2 heterocycles. The Bertz CT molecular complexity index is 1520. The van der Waals surface area contributed by atoms with Gasteiger partial charge in [0.1, 0.15) is 12.4 Å². The molecule has 2 aliphatic rings. The fraction of sp³-hybridized carbons (Fsp3) is 0.290. The van der Waals surface area contributed by atoms with Crippen LogP contribution in [0.1, 0.15) is 12.0 Å². The van der Waals surface area contributed by atoms with Crippen LogP contribution in [-0.4, -0.2) is 66.6 Å². The van der Waals surface area contributed by atoms with Crippen molar-refractivity contribution in [3.8, 4) is 40.2 Å². The van der Waals surface area contributed by atoms with Gasteiger partial charge in [-0.05, 0) is 12.1 Å². The first kappa shape index (κ1) is 28.5. The molecule has 2 aliphatic heterocycles. The average Bonchev–Trinajstić information content (AvgIpc) is 3.01. The van der Waals surface area contributed by atoms with Crippen LogP contribution >= 0.6 is 0 Å². The van der Waals surface area contributed by atoms with Crippen LogP contribution in [-0.2, 0) is 9.59 Å². The van der Waals surface area contributed by atoms with Crippen LogP contribution in [0.2, 0.25) is 0 Å². The predicted molar refractivity (Wildman–Crippen MR) is 156 cm³/mol. The highest BCUT2D eigenvalue weighted by molar-refractivity contribution is 6.19. The molecule has 3 aromatic rings. The van der Waals surface area contributed by atoms with Crippen molar-refractivity contribution >= 4 is 29.3 Å². The summed E-state index contributed by atoms with van der Waals surface area (Å²) in [5.41, 5.74) is 0.717. The number of amides is 2. The zero-order valence-electron chi connectivity index (χ0n) is 24.2. The number of carbonyl (C=O) groups excluding carboxylic acids is 2. The van der Waals surface area contributed by atoms with Crippen LogP contribution in [0.4, 0.5) is 11.4 Å². The molecule has 1 fully saturated rings. The molecule has 0 spiro atoms. The van der Waals surface area contributed by atoms with E-state index in [2.05, 4.69) is 5.32 Å². The first-order valence-corrected chi connectivity index (χ1v) is 13.0. The number of para-hydroxylation sites is 1. The first-order valence-electron chi connectivity index (χ1n) is 13.0. The Labute approximate surface area is 243 Å². The second-order valence-electron chi connectivity index (χ2n) is 9.51. The van der Waals surface area contributed by atoms with Crippen molar-refractivity contribution in [3.05, 3.63) is 59.7 Å². The number of β-lactam (4-membered cyclic amide) rings is 1. The van der Waals surface area contributed by atoms with Crippen molar-refractivity contribution in [2.45, 2.75) is 12.0 Å². The maximum atomic E-state index is 14.4. The van der Waals surface area contributed by atoms with E-state index in [4.69, 9.17) is 33.2 Å². The van der Waals surface area contributed by atoms with Crippen molar-refractivity contribution < 1.29 is 42.7 Å². The Morgan fingerprint density at radius 2 is 1.36 bits per heavy atom. The smallest absolute Gasteiger partial charge is 0.255 e. The van der Waals surface area contributed by atoms with E-state index in [-0.39, 0.29) is 18.9 Å². The number of hydrogen-bond donors (Lipinski definition) is 1. The summed E-state index contributed by atoms with van der Waals surface area (Å²) in [5, 5.41) is 2.97. The van der Waals surface area contributed by atoms with Gasteiger partial charge in [-0.1, -0.05) is 18.2 Å². The molecule has 0 saturated carbocycles. The number of ether oxygens (including phenoxy) is 7. The Hall–Kier alpha value is -5.06. The molecule has 0 radical (unpaired) electrons. The van der Waals surface area contributed by atoms with Crippen LogP contribution in [0.3, 0.4) is 0 Å². The average molecular weight is 577 g/mol. The quantitative estimate of drug-likeness (QED) is 0.352. The molecular weight excluding hydrogens is 544 g/mol. The molecule has 0 bridgehead atoms. The Morgan fingerprint density at radius 3 is 1.88 bits per heavy atom. The lowest BCUT2D eigenvalue weighted by Crippen LogP contribution is -2.71. The zero-order chi connectivity index (χ0) is 30.0. The first-order chi connectivity index (χ1) is 20.3. The molecule has 1 N–H and O–H groups in total. The summed E-state index contributed by atoms with van der Waals surface area (Å²) in [7, 11) is 8.93. The normalized spacial score (nSPS) is 17.1. The number of fused-ring (bicyclic) bond motifs is 1. The number of rotatable bonds is 10. The summed E-state index contributed by atoms with van der Waals surface area (Å²) in [6, 6.07) is 14.0. The summed E-state index contributed by atoms with van der Waals surface area (Å²) in [6.45, 7) is 0.0912. The SMILES string of the molecule is COc1cc(NC(=O)C2(C3=Cc4ccccc4OC3)CC(=O)N2c2cc(OC)c(OC)c(OC)c2)cc(OC)c1OC. The third kappa shape index (κ3) is 4.56. The monoisotopic (exact) mass is 576 g/mol. The van der Waals surface area contributed by atoms with Gasteiger partial charge in [-0.2, -0.15) is 0 Å². The highest BCUT2D eigenvalue weighted by atomic mass is 16.5. The Kier molecular flexibility index (Phi) is 7.75. The van der Waals surface area contributed by atoms with Gasteiger partial charge in [0.2, 0.25) is 17.4 Å². The van der Waals surface area contributed by atoms with Crippen LogP contribution in [0.5, 0.6) is 40.2 Å². The van der Waals surface area contributed by atoms with E-state index in [0.717, 1.165) is 5.56 Å². The second kappa shape index (κ2) is 11.4. The lowest BCUT2D eigenvalue weighted by atomic mass is 9.74. The predicted octanol–water partition coefficient (Wildman–Crippen LogP) is 4.33. The van der Waals surface area contributed by atoms with Crippen molar-refractivity contribution in [2.24, 2.45) is 0 Å². The van der Waals surface area contributed by atoms with Crippen LogP contribution < -0.4 is 43.4 Å². The molecule has 2 amide bonds. The number of nitrogens with one attached hydrogen (secondary N) is 1. The molecule has 42 heavy (non-hydrogen) atoms. The lowest BCUT2D eigenvalue weighted by Gasteiger charge is -2.52. The van der Waals surface area contributed by atoms with E-state index in [1.165, 1.54) is 47.6 Å². The van der Waals surface area contributed by atoms with E-state index in [1.807, 2.05) is 30.3 Å². The lowest BCUT2D eigenvalue weighted by molar-refractivity contribution is -0.135. The van der Waals surface area contributed by atoms with Gasteiger partial charge in [0.25, 0.3) is 5.91 Å². The standard InChI is InChI=1S/C31H32N2O9/c1-36-23-12-20(13-24(37-2)28(23)40-5)32-30(35)31(19-11-18-9-7-8-10-22(18)42-17-19)16-27(34)33(31)21-14-25(38-3)29(41-6)26(15-21)39-4/h7-15H,16-17H2,1-6H3,(H,32,35). The molecule has 3 aromatic carbocycles. The molecular formula is C31H32N2O9. The molecule has 0 aliphatic carbocycles. The zero-order valence-corrected chi connectivity index (χ0v) is 24.2. The van der Waals surface area contributed by atoms with E-state index in [1.54, 1.807) is 24.3 Å². The van der Waals surface area contributed by atoms with Gasteiger partial charge in [-0.15, -0.1) is 0 Å². The fourth-order valence-electron chi connectivity index (χ4n) is 5.39. The van der Waals surface area contributed by atoms with Gasteiger partial charge in [0.15, 0.2) is 28.5 Å². The summed E-state index contributed by atoms with van der Waals surface area (Å²) in [6.07, 6.45) is 1.79. The third-order valence-corrected chi connectivity index (χ3v) is 7.41. The highest BCUT2D eigenvalue weighted by Gasteiger charge is 2.60. The van der Waals surface area contributed by atoms with Crippen LogP contribution in [0.15, 0.2) is 54.1 Å². The van der Waals surface area contributed by atoms with Gasteiger partial charge in [0, 0.05) is 41.1 Å². The molecule has 11 heteroatoms. The number of anilines is 2. The molecule has 220 valence electrons. The highest BCUT2D eigenvalue weighted by Crippen LogP contribution is 2.50. The molecule has 0 aromatic heterocycles. The number of nitrogens with zero attached hydrogens (tertiary/aromatic N) is 1. The van der Waals surface area contributed by atoms with Crippen LogP contribution in [0, 0.1) is 0 Å². The number of hydrogen-bond acceptors (Lipinski definition) is 9. The Morgan fingerprint density at radius 1 is 0.810 bits per heavy atom. The minimum atomic E-state index is -1.45. The van der Waals surface area contributed by atoms with E-state index >= 15 is 0 Å². The van der Waals surface area contributed by atoms with Gasteiger partial charge in [0.05, 0.1) is 54.8 Å². The van der Waals surface area contributed by atoms with E-state index in [0.29, 0.717) is 57.2 Å². The molecule has 11 nitrogen and oxygen atoms in total. The van der Waals surface area contributed by atoms with Crippen LogP contribution in [0.25, 0.3) is 6.08 Å². The summed E-state index contributed by atoms with van der Waals surface area (Å²) in [5.74, 6) is 2.09.